The number of methoxy groups -OCH3 is 2. The second kappa shape index (κ2) is 10.8. The smallest absolute Gasteiger partial charge is 0.310 e. The number of hydrogen-bond donors (Lipinski definition) is 2. The van der Waals surface area contributed by atoms with Crippen LogP contribution in [0.2, 0.25) is 0 Å². The van der Waals surface area contributed by atoms with Crippen molar-refractivity contribution in [1.82, 2.24) is 5.32 Å². The Kier molecular flexibility index (Phi) is 8.22. The van der Waals surface area contributed by atoms with Crippen LogP contribution < -0.4 is 20.1 Å². The number of ether oxygens (including phenoxy) is 3. The maximum Gasteiger partial charge on any atom is 0.310 e. The van der Waals surface area contributed by atoms with E-state index in [1.807, 2.05) is 0 Å². The van der Waals surface area contributed by atoms with Gasteiger partial charge >= 0.3 is 5.97 Å². The molecule has 30 heavy (non-hydrogen) atoms. The molecule has 0 aromatic heterocycles. The predicted molar refractivity (Wildman–Crippen MR) is 112 cm³/mol. The first-order chi connectivity index (χ1) is 14.3. The number of benzene rings is 2. The van der Waals surface area contributed by atoms with E-state index in [1.165, 1.54) is 6.92 Å². The van der Waals surface area contributed by atoms with Gasteiger partial charge in [0.15, 0.2) is 6.61 Å². The highest BCUT2D eigenvalue weighted by Gasteiger charge is 2.16. The summed E-state index contributed by atoms with van der Waals surface area (Å²) in [5, 5.41) is 5.42. The van der Waals surface area contributed by atoms with E-state index in [1.54, 1.807) is 63.6 Å². The molecule has 0 heterocycles. The van der Waals surface area contributed by atoms with E-state index in [0.717, 1.165) is 5.56 Å². The van der Waals surface area contributed by atoms with Gasteiger partial charge in [-0.1, -0.05) is 12.1 Å². The molecule has 2 N–H and O–H groups in total. The molecule has 2 aromatic rings. The van der Waals surface area contributed by atoms with Gasteiger partial charge in [0.2, 0.25) is 5.91 Å². The zero-order valence-electron chi connectivity index (χ0n) is 17.5. The number of rotatable bonds is 9. The first-order valence-electron chi connectivity index (χ1n) is 9.35. The standard InChI is InChI=1S/C22H26N2O6/c1-14(19-12-18(28-3)9-10-20(19)29-4)23-21(26)13-30-22(27)11-16-5-7-17(8-6-16)24-15(2)25/h5-10,12,14H,11,13H2,1-4H3,(H,23,26)(H,24,25)/t14-/m1/s1. The molecule has 1 atom stereocenters. The molecule has 0 aliphatic heterocycles. The summed E-state index contributed by atoms with van der Waals surface area (Å²) in [5.41, 5.74) is 2.10. The molecule has 0 spiro atoms. The predicted octanol–water partition coefficient (Wildman–Crippen LogP) is 2.63. The van der Waals surface area contributed by atoms with E-state index < -0.39 is 11.9 Å². The summed E-state index contributed by atoms with van der Waals surface area (Å²) in [6.45, 7) is 2.83. The van der Waals surface area contributed by atoms with Gasteiger partial charge in [0.1, 0.15) is 11.5 Å². The molecule has 8 heteroatoms. The van der Waals surface area contributed by atoms with Gasteiger partial charge in [-0.2, -0.15) is 0 Å². The Morgan fingerprint density at radius 2 is 1.70 bits per heavy atom. The molecule has 0 fully saturated rings. The molecule has 0 saturated heterocycles. The van der Waals surface area contributed by atoms with E-state index >= 15 is 0 Å². The van der Waals surface area contributed by atoms with Gasteiger partial charge in [-0.15, -0.1) is 0 Å². The maximum atomic E-state index is 12.2. The molecule has 2 rings (SSSR count). The molecule has 0 bridgehead atoms. The summed E-state index contributed by atoms with van der Waals surface area (Å²) in [7, 11) is 3.10. The fraction of sp³-hybridized carbons (Fsp3) is 0.318. The van der Waals surface area contributed by atoms with Gasteiger partial charge < -0.3 is 24.8 Å². The highest BCUT2D eigenvalue weighted by atomic mass is 16.5. The number of anilines is 1. The Morgan fingerprint density at radius 3 is 2.30 bits per heavy atom. The van der Waals surface area contributed by atoms with Gasteiger partial charge in [-0.05, 0) is 42.8 Å². The summed E-state index contributed by atoms with van der Waals surface area (Å²) in [4.78, 5) is 35.2. The van der Waals surface area contributed by atoms with Crippen molar-refractivity contribution in [3.05, 3.63) is 53.6 Å². The Morgan fingerprint density at radius 1 is 1.00 bits per heavy atom. The zero-order valence-corrected chi connectivity index (χ0v) is 17.5. The molecule has 0 radical (unpaired) electrons. The van der Waals surface area contributed by atoms with Gasteiger partial charge in [0.25, 0.3) is 5.91 Å². The zero-order chi connectivity index (χ0) is 22.1. The molecule has 0 saturated carbocycles. The monoisotopic (exact) mass is 414 g/mol. The minimum absolute atomic E-state index is 0.0207. The van der Waals surface area contributed by atoms with Crippen LogP contribution >= 0.6 is 0 Å². The van der Waals surface area contributed by atoms with Crippen molar-refractivity contribution in [1.29, 1.82) is 0 Å². The van der Waals surface area contributed by atoms with Crippen LogP contribution in [0.25, 0.3) is 0 Å². The molecule has 0 aliphatic carbocycles. The molecule has 0 unspecified atom stereocenters. The lowest BCUT2D eigenvalue weighted by atomic mass is 10.1. The summed E-state index contributed by atoms with van der Waals surface area (Å²) in [5.74, 6) is 0.130. The number of esters is 1. The van der Waals surface area contributed by atoms with E-state index in [9.17, 15) is 14.4 Å². The van der Waals surface area contributed by atoms with Crippen LogP contribution in [0.15, 0.2) is 42.5 Å². The Labute approximate surface area is 175 Å². The average molecular weight is 414 g/mol. The van der Waals surface area contributed by atoms with Crippen LogP contribution in [0, 0.1) is 0 Å². The van der Waals surface area contributed by atoms with Crippen LogP contribution in [-0.4, -0.2) is 38.6 Å². The number of hydrogen-bond acceptors (Lipinski definition) is 6. The normalized spacial score (nSPS) is 11.2. The van der Waals surface area contributed by atoms with Crippen molar-refractivity contribution in [2.75, 3.05) is 26.1 Å². The molecule has 160 valence electrons. The Balaban J connectivity index is 1.85. The van der Waals surface area contributed by atoms with Crippen molar-refractivity contribution in [2.24, 2.45) is 0 Å². The van der Waals surface area contributed by atoms with Crippen LogP contribution in [0.5, 0.6) is 11.5 Å². The SMILES string of the molecule is COc1ccc(OC)c([C@@H](C)NC(=O)COC(=O)Cc2ccc(NC(C)=O)cc2)c1. The van der Waals surface area contributed by atoms with Crippen LogP contribution in [-0.2, 0) is 25.5 Å². The lowest BCUT2D eigenvalue weighted by molar-refractivity contribution is -0.148. The summed E-state index contributed by atoms with van der Waals surface area (Å²) in [6, 6.07) is 11.7. The van der Waals surface area contributed by atoms with Gasteiger partial charge in [0, 0.05) is 18.2 Å². The van der Waals surface area contributed by atoms with E-state index in [2.05, 4.69) is 10.6 Å². The highest BCUT2D eigenvalue weighted by molar-refractivity contribution is 5.88. The van der Waals surface area contributed by atoms with E-state index in [-0.39, 0.29) is 25.0 Å². The number of carbonyl (C=O) groups excluding carboxylic acids is 3. The van der Waals surface area contributed by atoms with Crippen LogP contribution in [0.4, 0.5) is 5.69 Å². The minimum atomic E-state index is -0.524. The van der Waals surface area contributed by atoms with E-state index in [0.29, 0.717) is 22.7 Å². The van der Waals surface area contributed by atoms with Crippen molar-refractivity contribution >= 4 is 23.5 Å². The van der Waals surface area contributed by atoms with Gasteiger partial charge in [-0.25, -0.2) is 0 Å². The summed E-state index contributed by atoms with van der Waals surface area (Å²) < 4.78 is 15.6. The maximum absolute atomic E-state index is 12.2. The largest absolute Gasteiger partial charge is 0.497 e. The topological polar surface area (TPSA) is 103 Å². The molecular weight excluding hydrogens is 388 g/mol. The van der Waals surface area contributed by atoms with Gasteiger partial charge in [0.05, 0.1) is 26.7 Å². The first-order valence-corrected chi connectivity index (χ1v) is 9.35. The van der Waals surface area contributed by atoms with Crippen LogP contribution in [0.3, 0.4) is 0 Å². The van der Waals surface area contributed by atoms with Crippen molar-refractivity contribution in [2.45, 2.75) is 26.3 Å². The van der Waals surface area contributed by atoms with Crippen LogP contribution in [0.1, 0.15) is 31.0 Å². The molecule has 2 amide bonds. The third-order valence-corrected chi connectivity index (χ3v) is 4.27. The lowest BCUT2D eigenvalue weighted by Crippen LogP contribution is -2.31. The van der Waals surface area contributed by atoms with Crippen molar-refractivity contribution in [3.8, 4) is 11.5 Å². The molecular formula is C22H26N2O6. The number of carbonyl (C=O) groups is 3. The van der Waals surface area contributed by atoms with E-state index in [4.69, 9.17) is 14.2 Å². The third kappa shape index (κ3) is 6.80. The summed E-state index contributed by atoms with van der Waals surface area (Å²) in [6.07, 6.45) is 0.0207. The highest BCUT2D eigenvalue weighted by Crippen LogP contribution is 2.29. The second-order valence-corrected chi connectivity index (χ2v) is 6.61. The second-order valence-electron chi connectivity index (χ2n) is 6.61. The number of nitrogens with one attached hydrogen (secondary N) is 2. The van der Waals surface area contributed by atoms with Crippen molar-refractivity contribution < 1.29 is 28.6 Å². The average Bonchev–Trinajstić information content (AvgIpc) is 2.72. The van der Waals surface area contributed by atoms with Crippen molar-refractivity contribution in [3.63, 3.8) is 0 Å². The van der Waals surface area contributed by atoms with Gasteiger partial charge in [-0.3, -0.25) is 14.4 Å². The molecule has 2 aromatic carbocycles. The Hall–Kier alpha value is -3.55. The summed E-state index contributed by atoms with van der Waals surface area (Å²) >= 11 is 0. The fourth-order valence-electron chi connectivity index (χ4n) is 2.81. The lowest BCUT2D eigenvalue weighted by Gasteiger charge is -2.18. The quantitative estimate of drug-likeness (QED) is 0.612. The Bertz CT molecular complexity index is 895. The first kappa shape index (κ1) is 22.7. The third-order valence-electron chi connectivity index (χ3n) is 4.27. The molecule has 8 nitrogen and oxygen atoms in total. The molecule has 0 aliphatic rings. The fourth-order valence-corrected chi connectivity index (χ4v) is 2.81. The minimum Gasteiger partial charge on any atom is -0.497 e. The number of amides is 2.